The highest BCUT2D eigenvalue weighted by Gasteiger charge is 2.13. The Morgan fingerprint density at radius 1 is 1.25 bits per heavy atom. The maximum Gasteiger partial charge on any atom is 0.237 e. The molecule has 1 aromatic carbocycles. The minimum Gasteiger partial charge on any atom is -0.280 e. The Kier molecular flexibility index (Phi) is 4.23. The van der Waals surface area contributed by atoms with Crippen LogP contribution in [0.25, 0.3) is 0 Å². The molecule has 0 aliphatic carbocycles. The molecule has 0 aliphatic heterocycles. The standard InChI is InChI=1S/C13H10ClN3O2S/c14-13-12(2-1-7-16-13)17-20(18,19)9-11-5-3-10(8-15)4-6-11/h1-7,17H,9H2. The van der Waals surface area contributed by atoms with Crippen LogP contribution in [0.1, 0.15) is 11.1 Å². The highest BCUT2D eigenvalue weighted by Crippen LogP contribution is 2.20. The normalized spacial score (nSPS) is 10.8. The van der Waals surface area contributed by atoms with E-state index in [2.05, 4.69) is 9.71 Å². The molecule has 0 atom stereocenters. The lowest BCUT2D eigenvalue weighted by atomic mass is 10.2. The van der Waals surface area contributed by atoms with Gasteiger partial charge in [-0.1, -0.05) is 23.7 Å². The van der Waals surface area contributed by atoms with Crippen LogP contribution in [0, 0.1) is 11.3 Å². The van der Waals surface area contributed by atoms with Crippen LogP contribution in [0.2, 0.25) is 5.15 Å². The molecule has 2 aromatic rings. The maximum absolute atomic E-state index is 12.0. The zero-order valence-corrected chi connectivity index (χ0v) is 11.8. The first-order valence-corrected chi connectivity index (χ1v) is 7.63. The summed E-state index contributed by atoms with van der Waals surface area (Å²) in [7, 11) is -3.59. The summed E-state index contributed by atoms with van der Waals surface area (Å²) in [6.07, 6.45) is 1.47. The molecule has 20 heavy (non-hydrogen) atoms. The summed E-state index contributed by atoms with van der Waals surface area (Å²) in [6, 6.07) is 11.4. The van der Waals surface area contributed by atoms with Crippen LogP contribution in [-0.2, 0) is 15.8 Å². The molecule has 7 heteroatoms. The first-order chi connectivity index (χ1) is 9.50. The van der Waals surface area contributed by atoms with Crippen molar-refractivity contribution in [1.29, 1.82) is 5.26 Å². The number of nitrogens with one attached hydrogen (secondary N) is 1. The monoisotopic (exact) mass is 307 g/mol. The highest BCUT2D eigenvalue weighted by atomic mass is 35.5. The molecule has 1 N–H and O–H groups in total. The molecule has 0 spiro atoms. The zero-order chi connectivity index (χ0) is 14.6. The number of hydrogen-bond acceptors (Lipinski definition) is 4. The van der Waals surface area contributed by atoms with E-state index in [9.17, 15) is 8.42 Å². The third-order valence-corrected chi connectivity index (χ3v) is 4.01. The maximum atomic E-state index is 12.0. The second kappa shape index (κ2) is 5.90. The Bertz CT molecular complexity index is 752. The quantitative estimate of drug-likeness (QED) is 0.880. The van der Waals surface area contributed by atoms with Gasteiger partial charge in [-0.05, 0) is 29.8 Å². The topological polar surface area (TPSA) is 82.8 Å². The van der Waals surface area contributed by atoms with Crippen molar-refractivity contribution in [3.8, 4) is 6.07 Å². The molecule has 2 rings (SSSR count). The van der Waals surface area contributed by atoms with E-state index in [-0.39, 0.29) is 16.6 Å². The number of nitriles is 1. The molecule has 0 bridgehead atoms. The first-order valence-electron chi connectivity index (χ1n) is 5.60. The molecule has 0 saturated carbocycles. The summed E-state index contributed by atoms with van der Waals surface area (Å²) in [5, 5.41) is 8.78. The number of hydrogen-bond donors (Lipinski definition) is 1. The molecule has 0 radical (unpaired) electrons. The Morgan fingerprint density at radius 2 is 1.95 bits per heavy atom. The zero-order valence-electron chi connectivity index (χ0n) is 10.2. The van der Waals surface area contributed by atoms with E-state index in [1.54, 1.807) is 30.3 Å². The van der Waals surface area contributed by atoms with Gasteiger partial charge in [0.1, 0.15) is 0 Å². The van der Waals surface area contributed by atoms with E-state index in [4.69, 9.17) is 16.9 Å². The van der Waals surface area contributed by atoms with Gasteiger partial charge in [-0.3, -0.25) is 4.72 Å². The van der Waals surface area contributed by atoms with Gasteiger partial charge in [0.05, 0.1) is 23.1 Å². The van der Waals surface area contributed by atoms with E-state index >= 15 is 0 Å². The third-order valence-electron chi connectivity index (χ3n) is 2.46. The minimum absolute atomic E-state index is 0.0934. The van der Waals surface area contributed by atoms with E-state index in [1.807, 2.05) is 6.07 Å². The summed E-state index contributed by atoms with van der Waals surface area (Å²) >= 11 is 5.80. The van der Waals surface area contributed by atoms with E-state index < -0.39 is 10.0 Å². The summed E-state index contributed by atoms with van der Waals surface area (Å²) in [4.78, 5) is 3.80. The van der Waals surface area contributed by atoms with Crippen LogP contribution >= 0.6 is 11.6 Å². The smallest absolute Gasteiger partial charge is 0.237 e. The van der Waals surface area contributed by atoms with Crippen LogP contribution in [-0.4, -0.2) is 13.4 Å². The van der Waals surface area contributed by atoms with Crippen molar-refractivity contribution in [2.45, 2.75) is 5.75 Å². The van der Waals surface area contributed by atoms with Crippen LogP contribution in [0.4, 0.5) is 5.69 Å². The fraction of sp³-hybridized carbons (Fsp3) is 0.0769. The Labute approximate surface area is 121 Å². The summed E-state index contributed by atoms with van der Waals surface area (Å²) in [6.45, 7) is 0. The first kappa shape index (κ1) is 14.3. The van der Waals surface area contributed by atoms with Gasteiger partial charge in [0.2, 0.25) is 10.0 Å². The van der Waals surface area contributed by atoms with Gasteiger partial charge in [-0.25, -0.2) is 13.4 Å². The lowest BCUT2D eigenvalue weighted by Gasteiger charge is -2.08. The number of halogens is 1. The van der Waals surface area contributed by atoms with Gasteiger partial charge < -0.3 is 0 Å². The number of anilines is 1. The third kappa shape index (κ3) is 3.70. The van der Waals surface area contributed by atoms with Crippen molar-refractivity contribution in [3.05, 3.63) is 58.9 Å². The number of aromatic nitrogens is 1. The van der Waals surface area contributed by atoms with Crippen molar-refractivity contribution < 1.29 is 8.42 Å². The van der Waals surface area contributed by atoms with Crippen molar-refractivity contribution >= 4 is 27.3 Å². The number of benzene rings is 1. The molecule has 1 aromatic heterocycles. The van der Waals surface area contributed by atoms with Crippen molar-refractivity contribution in [2.75, 3.05) is 4.72 Å². The second-order valence-corrected chi connectivity index (χ2v) is 6.09. The van der Waals surface area contributed by atoms with E-state index in [0.29, 0.717) is 11.1 Å². The largest absolute Gasteiger partial charge is 0.280 e. The molecule has 0 amide bonds. The number of pyridine rings is 1. The van der Waals surface area contributed by atoms with Gasteiger partial charge in [0, 0.05) is 6.20 Å². The Morgan fingerprint density at radius 3 is 2.55 bits per heavy atom. The Hall–Kier alpha value is -2.10. The predicted octanol–water partition coefficient (Wildman–Crippen LogP) is 2.55. The van der Waals surface area contributed by atoms with Crippen LogP contribution in [0.15, 0.2) is 42.6 Å². The number of sulfonamides is 1. The van der Waals surface area contributed by atoms with Gasteiger partial charge in [-0.15, -0.1) is 0 Å². The van der Waals surface area contributed by atoms with Gasteiger partial charge in [0.15, 0.2) is 5.15 Å². The molecule has 102 valence electrons. The van der Waals surface area contributed by atoms with E-state index in [1.165, 1.54) is 12.3 Å². The van der Waals surface area contributed by atoms with Crippen molar-refractivity contribution in [2.24, 2.45) is 0 Å². The Balaban J connectivity index is 2.15. The van der Waals surface area contributed by atoms with Crippen molar-refractivity contribution in [1.82, 2.24) is 4.98 Å². The second-order valence-electron chi connectivity index (χ2n) is 4.01. The summed E-state index contributed by atoms with van der Waals surface area (Å²) in [5.41, 5.74) is 1.30. The molecule has 0 unspecified atom stereocenters. The van der Waals surface area contributed by atoms with Gasteiger partial charge >= 0.3 is 0 Å². The van der Waals surface area contributed by atoms with Crippen LogP contribution in [0.5, 0.6) is 0 Å². The SMILES string of the molecule is N#Cc1ccc(CS(=O)(=O)Nc2cccnc2Cl)cc1. The van der Waals surface area contributed by atoms with Crippen LogP contribution in [0.3, 0.4) is 0 Å². The minimum atomic E-state index is -3.59. The molecule has 5 nitrogen and oxygen atoms in total. The highest BCUT2D eigenvalue weighted by molar-refractivity contribution is 7.91. The number of rotatable bonds is 4. The average Bonchev–Trinajstić information content (AvgIpc) is 2.41. The summed E-state index contributed by atoms with van der Waals surface area (Å²) in [5.74, 6) is -0.204. The molecule has 0 fully saturated rings. The van der Waals surface area contributed by atoms with E-state index in [0.717, 1.165) is 0 Å². The lowest BCUT2D eigenvalue weighted by Crippen LogP contribution is -2.15. The van der Waals surface area contributed by atoms with Gasteiger partial charge in [-0.2, -0.15) is 5.26 Å². The molecule has 0 aliphatic rings. The average molecular weight is 308 g/mol. The fourth-order valence-electron chi connectivity index (χ4n) is 1.56. The van der Waals surface area contributed by atoms with Gasteiger partial charge in [0.25, 0.3) is 0 Å². The fourth-order valence-corrected chi connectivity index (χ4v) is 2.99. The predicted molar refractivity (Wildman–Crippen MR) is 76.7 cm³/mol. The molecule has 1 heterocycles. The van der Waals surface area contributed by atoms with Crippen LogP contribution < -0.4 is 4.72 Å². The van der Waals surface area contributed by atoms with Crippen molar-refractivity contribution in [3.63, 3.8) is 0 Å². The number of nitrogens with zero attached hydrogens (tertiary/aromatic N) is 2. The molecular formula is C13H10ClN3O2S. The lowest BCUT2D eigenvalue weighted by molar-refractivity contribution is 0.600. The molecule has 0 saturated heterocycles. The summed E-state index contributed by atoms with van der Waals surface area (Å²) < 4.78 is 26.4. The molecular weight excluding hydrogens is 298 g/mol.